The summed E-state index contributed by atoms with van der Waals surface area (Å²) in [6.07, 6.45) is 2.80. The molecule has 0 fully saturated rings. The summed E-state index contributed by atoms with van der Waals surface area (Å²) in [6.45, 7) is 2.31. The first kappa shape index (κ1) is 10.4. The molecule has 1 aromatic rings. The van der Waals surface area contributed by atoms with Gasteiger partial charge in [0.15, 0.2) is 0 Å². The van der Waals surface area contributed by atoms with E-state index in [0.29, 0.717) is 12.8 Å². The molecular formula is C9H12N2O3. The predicted molar refractivity (Wildman–Crippen MR) is 51.3 cm³/mol. The number of carbonyl (C=O) groups excluding carboxylic acids is 1. The second-order valence-corrected chi connectivity index (χ2v) is 2.91. The molecule has 0 radical (unpaired) electrons. The maximum Gasteiger partial charge on any atom is 0.331 e. The molecule has 5 heteroatoms. The number of nitrogens with zero attached hydrogens (tertiary/aromatic N) is 2. The van der Waals surface area contributed by atoms with Gasteiger partial charge in [-0.15, -0.1) is 0 Å². The first-order valence-corrected chi connectivity index (χ1v) is 4.44. The van der Waals surface area contributed by atoms with Gasteiger partial charge in [0.2, 0.25) is 0 Å². The van der Waals surface area contributed by atoms with E-state index in [1.165, 1.54) is 16.8 Å². The highest BCUT2D eigenvalue weighted by Gasteiger charge is 2.02. The van der Waals surface area contributed by atoms with E-state index in [0.717, 1.165) is 11.0 Å². The Labute approximate surface area is 80.6 Å². The van der Waals surface area contributed by atoms with Gasteiger partial charge in [-0.05, 0) is 6.42 Å². The molecule has 0 aliphatic rings. The zero-order valence-corrected chi connectivity index (χ0v) is 7.97. The van der Waals surface area contributed by atoms with Crippen LogP contribution in [0.2, 0.25) is 0 Å². The molecule has 1 aromatic heterocycles. The van der Waals surface area contributed by atoms with Crippen LogP contribution < -0.4 is 11.2 Å². The molecule has 5 nitrogen and oxygen atoms in total. The Hall–Kier alpha value is -1.65. The molecule has 0 aliphatic carbocycles. The fraction of sp³-hybridized carbons (Fsp3) is 0.444. The zero-order chi connectivity index (χ0) is 10.6. The second-order valence-electron chi connectivity index (χ2n) is 2.91. The van der Waals surface area contributed by atoms with Gasteiger partial charge in [-0.1, -0.05) is 6.92 Å². The number of hydrogen-bond acceptors (Lipinski definition) is 3. The quantitative estimate of drug-likeness (QED) is 0.617. The Morgan fingerprint density at radius 1 is 1.43 bits per heavy atom. The lowest BCUT2D eigenvalue weighted by atomic mass is 10.4. The summed E-state index contributed by atoms with van der Waals surface area (Å²) in [6, 6.07) is 1.29. The molecule has 1 heterocycles. The lowest BCUT2D eigenvalue weighted by Crippen LogP contribution is -2.39. The molecule has 0 bridgehead atoms. The fourth-order valence-electron chi connectivity index (χ4n) is 1.21. The smallest absolute Gasteiger partial charge is 0.301 e. The van der Waals surface area contributed by atoms with Gasteiger partial charge in [0, 0.05) is 18.8 Å². The maximum atomic E-state index is 11.5. The minimum Gasteiger partial charge on any atom is -0.301 e. The summed E-state index contributed by atoms with van der Waals surface area (Å²) in [5, 5.41) is 0. The van der Waals surface area contributed by atoms with E-state index < -0.39 is 11.2 Å². The van der Waals surface area contributed by atoms with E-state index in [4.69, 9.17) is 0 Å². The van der Waals surface area contributed by atoms with Crippen molar-refractivity contribution < 1.29 is 4.79 Å². The van der Waals surface area contributed by atoms with E-state index in [9.17, 15) is 14.4 Å². The van der Waals surface area contributed by atoms with Crippen molar-refractivity contribution in [1.29, 1.82) is 0 Å². The lowest BCUT2D eigenvalue weighted by molar-refractivity contribution is -0.108. The van der Waals surface area contributed by atoms with Crippen LogP contribution in [0.5, 0.6) is 0 Å². The Morgan fingerprint density at radius 2 is 2.14 bits per heavy atom. The third kappa shape index (κ3) is 1.99. The molecule has 0 spiro atoms. The molecule has 0 amide bonds. The SMILES string of the molecule is CCCn1ccc(=O)n(CC=O)c1=O. The topological polar surface area (TPSA) is 61.1 Å². The van der Waals surface area contributed by atoms with Crippen molar-refractivity contribution in [2.45, 2.75) is 26.4 Å². The van der Waals surface area contributed by atoms with Gasteiger partial charge < -0.3 is 9.36 Å². The summed E-state index contributed by atoms with van der Waals surface area (Å²) in [5.41, 5.74) is -0.860. The Morgan fingerprint density at radius 3 is 2.71 bits per heavy atom. The Balaban J connectivity index is 3.26. The van der Waals surface area contributed by atoms with Gasteiger partial charge in [0.25, 0.3) is 5.56 Å². The van der Waals surface area contributed by atoms with Crippen molar-refractivity contribution in [2.75, 3.05) is 0 Å². The van der Waals surface area contributed by atoms with E-state index in [-0.39, 0.29) is 6.54 Å². The second kappa shape index (κ2) is 4.55. The molecule has 0 aromatic carbocycles. The van der Waals surface area contributed by atoms with Crippen LogP contribution in [-0.4, -0.2) is 15.4 Å². The molecule has 14 heavy (non-hydrogen) atoms. The highest BCUT2D eigenvalue weighted by molar-refractivity contribution is 5.48. The standard InChI is InChI=1S/C9H12N2O3/c1-2-4-10-5-3-8(13)11(6-7-12)9(10)14/h3,5,7H,2,4,6H2,1H3. The van der Waals surface area contributed by atoms with Gasteiger partial charge in [-0.2, -0.15) is 0 Å². The lowest BCUT2D eigenvalue weighted by Gasteiger charge is -2.05. The molecule has 0 unspecified atom stereocenters. The van der Waals surface area contributed by atoms with Crippen molar-refractivity contribution in [3.05, 3.63) is 33.1 Å². The highest BCUT2D eigenvalue weighted by Crippen LogP contribution is 1.83. The zero-order valence-electron chi connectivity index (χ0n) is 7.97. The number of hydrogen-bond donors (Lipinski definition) is 0. The van der Waals surface area contributed by atoms with Gasteiger partial charge >= 0.3 is 5.69 Å². The predicted octanol–water partition coefficient (Wildman–Crippen LogP) is -0.381. The van der Waals surface area contributed by atoms with Crippen molar-refractivity contribution in [1.82, 2.24) is 9.13 Å². The molecule has 0 N–H and O–H groups in total. The number of aromatic nitrogens is 2. The number of carbonyl (C=O) groups is 1. The number of rotatable bonds is 4. The first-order chi connectivity index (χ1) is 6.70. The molecule has 1 rings (SSSR count). The van der Waals surface area contributed by atoms with Crippen molar-refractivity contribution >= 4 is 6.29 Å². The molecule has 0 saturated carbocycles. The monoisotopic (exact) mass is 196 g/mol. The van der Waals surface area contributed by atoms with Crippen molar-refractivity contribution in [3.8, 4) is 0 Å². The summed E-state index contributed by atoms with van der Waals surface area (Å²) < 4.78 is 2.34. The minimum absolute atomic E-state index is 0.178. The average Bonchev–Trinajstić information content (AvgIpc) is 2.17. The Bertz CT molecular complexity index is 430. The highest BCUT2D eigenvalue weighted by atomic mass is 16.2. The summed E-state index contributed by atoms with van der Waals surface area (Å²) in [5.74, 6) is 0. The third-order valence-corrected chi connectivity index (χ3v) is 1.86. The molecule has 0 aliphatic heterocycles. The summed E-state index contributed by atoms with van der Waals surface area (Å²) in [7, 11) is 0. The normalized spacial score (nSPS) is 10.1. The maximum absolute atomic E-state index is 11.5. The van der Waals surface area contributed by atoms with Crippen LogP contribution in [0.15, 0.2) is 21.9 Å². The van der Waals surface area contributed by atoms with Crippen molar-refractivity contribution in [3.63, 3.8) is 0 Å². The van der Waals surface area contributed by atoms with Crippen LogP contribution in [-0.2, 0) is 17.9 Å². The first-order valence-electron chi connectivity index (χ1n) is 4.44. The van der Waals surface area contributed by atoms with Crippen molar-refractivity contribution in [2.24, 2.45) is 0 Å². The van der Waals surface area contributed by atoms with Crippen LogP contribution in [0.4, 0.5) is 0 Å². The molecule has 76 valence electrons. The molecular weight excluding hydrogens is 184 g/mol. The van der Waals surface area contributed by atoms with Gasteiger partial charge in [-0.3, -0.25) is 9.36 Å². The van der Waals surface area contributed by atoms with Gasteiger partial charge in [0.1, 0.15) is 6.29 Å². The fourth-order valence-corrected chi connectivity index (χ4v) is 1.21. The van der Waals surface area contributed by atoms with E-state index in [1.54, 1.807) is 0 Å². The van der Waals surface area contributed by atoms with E-state index in [2.05, 4.69) is 0 Å². The van der Waals surface area contributed by atoms with Crippen LogP contribution in [0.3, 0.4) is 0 Å². The van der Waals surface area contributed by atoms with Crippen LogP contribution in [0.25, 0.3) is 0 Å². The minimum atomic E-state index is -0.436. The van der Waals surface area contributed by atoms with Gasteiger partial charge in [0.05, 0.1) is 6.54 Å². The number of aldehydes is 1. The third-order valence-electron chi connectivity index (χ3n) is 1.86. The summed E-state index contributed by atoms with van der Waals surface area (Å²) in [4.78, 5) is 33.0. The molecule has 0 atom stereocenters. The molecule has 0 saturated heterocycles. The van der Waals surface area contributed by atoms with E-state index >= 15 is 0 Å². The summed E-state index contributed by atoms with van der Waals surface area (Å²) >= 11 is 0. The van der Waals surface area contributed by atoms with Crippen LogP contribution >= 0.6 is 0 Å². The average molecular weight is 196 g/mol. The Kier molecular flexibility index (Phi) is 3.39. The largest absolute Gasteiger partial charge is 0.331 e. The number of aryl methyl sites for hydroxylation is 1. The van der Waals surface area contributed by atoms with Crippen LogP contribution in [0.1, 0.15) is 13.3 Å². The van der Waals surface area contributed by atoms with Gasteiger partial charge in [-0.25, -0.2) is 4.79 Å². The van der Waals surface area contributed by atoms with Crippen LogP contribution in [0, 0.1) is 0 Å². The van der Waals surface area contributed by atoms with E-state index in [1.807, 2.05) is 6.92 Å².